The zero-order chi connectivity index (χ0) is 19.7. The highest BCUT2D eigenvalue weighted by Gasteiger charge is 2.36. The Morgan fingerprint density at radius 3 is 2.37 bits per heavy atom. The molecule has 1 aliphatic rings. The molecule has 0 saturated carbocycles. The third kappa shape index (κ3) is 4.36. The van der Waals surface area contributed by atoms with Gasteiger partial charge in [0.25, 0.3) is 0 Å². The molecule has 0 saturated heterocycles. The molecule has 0 fully saturated rings. The predicted molar refractivity (Wildman–Crippen MR) is 112 cm³/mol. The summed E-state index contributed by atoms with van der Waals surface area (Å²) in [7, 11) is 0. The van der Waals surface area contributed by atoms with Crippen LogP contribution in [-0.2, 0) is 15.6 Å². The van der Waals surface area contributed by atoms with Gasteiger partial charge < -0.3 is 5.32 Å². The smallest absolute Gasteiger partial charge is 0.248 e. The maximum absolute atomic E-state index is 12.2. The molecule has 0 spiro atoms. The van der Waals surface area contributed by atoms with Crippen LogP contribution >= 0.6 is 0 Å². The number of carbonyl (C=O) groups excluding carboxylic acids is 1. The maximum Gasteiger partial charge on any atom is 0.248 e. The average molecular weight is 361 g/mol. The fourth-order valence-electron chi connectivity index (χ4n) is 3.68. The lowest BCUT2D eigenvalue weighted by molar-refractivity contribution is -0.111. The lowest BCUT2D eigenvalue weighted by Gasteiger charge is -2.42. The summed E-state index contributed by atoms with van der Waals surface area (Å²) < 4.78 is 0. The summed E-state index contributed by atoms with van der Waals surface area (Å²) in [6.07, 6.45) is 5.72. The number of nitrogens with one attached hydrogen (secondary N) is 1. The van der Waals surface area contributed by atoms with Crippen LogP contribution in [0, 0.1) is 0 Å². The highest BCUT2D eigenvalue weighted by Crippen LogP contribution is 2.45. The molecule has 2 aromatic rings. The number of carbonyl (C=O) groups is 1. The number of hydrogen-bond acceptors (Lipinski definition) is 2. The Hall–Kier alpha value is -2.68. The molecule has 0 aromatic heterocycles. The van der Waals surface area contributed by atoms with Crippen LogP contribution in [0.2, 0.25) is 0 Å². The molecule has 3 nitrogen and oxygen atoms in total. The molecule has 140 valence electrons. The average Bonchev–Trinajstić information content (AvgIpc) is 2.81. The first-order valence-corrected chi connectivity index (χ1v) is 9.42. The van der Waals surface area contributed by atoms with Gasteiger partial charge in [-0.05, 0) is 70.7 Å². The zero-order valence-electron chi connectivity index (χ0n) is 16.5. The normalized spacial score (nSPS) is 17.3. The summed E-state index contributed by atoms with van der Waals surface area (Å²) in [5.74, 6) is -0.217. The molecule has 3 rings (SSSR count). The van der Waals surface area contributed by atoms with E-state index < -0.39 is 0 Å². The van der Waals surface area contributed by atoms with Crippen molar-refractivity contribution in [2.24, 2.45) is 0 Å². The molecule has 27 heavy (non-hydrogen) atoms. The predicted octanol–water partition coefficient (Wildman–Crippen LogP) is 5.05. The third-order valence-corrected chi connectivity index (χ3v) is 5.54. The number of fused-ring (bicyclic) bond motifs is 1. The summed E-state index contributed by atoms with van der Waals surface area (Å²) in [6.45, 7) is 9.19. The SMILES string of the molecule is CC1(C)CCC(C)(C)c2cc(/C=C/C(=O)Nc3cccc(=O)cc3)ccc21. The van der Waals surface area contributed by atoms with Crippen LogP contribution in [0.25, 0.3) is 6.08 Å². The minimum Gasteiger partial charge on any atom is -0.323 e. The van der Waals surface area contributed by atoms with Crippen LogP contribution < -0.4 is 10.7 Å². The van der Waals surface area contributed by atoms with Crippen molar-refractivity contribution in [1.82, 2.24) is 0 Å². The molecule has 1 N–H and O–H groups in total. The summed E-state index contributed by atoms with van der Waals surface area (Å²) in [4.78, 5) is 23.5. The first kappa shape index (κ1) is 19.1. The summed E-state index contributed by atoms with van der Waals surface area (Å²) >= 11 is 0. The summed E-state index contributed by atoms with van der Waals surface area (Å²) in [6, 6.07) is 14.3. The Kier molecular flexibility index (Phi) is 5.05. The second-order valence-electron chi connectivity index (χ2n) is 8.61. The van der Waals surface area contributed by atoms with Gasteiger partial charge in [0, 0.05) is 11.8 Å². The first-order chi connectivity index (χ1) is 12.7. The van der Waals surface area contributed by atoms with E-state index in [1.807, 2.05) is 6.08 Å². The fraction of sp³-hybridized carbons (Fsp3) is 0.333. The van der Waals surface area contributed by atoms with Crippen molar-refractivity contribution >= 4 is 17.7 Å². The van der Waals surface area contributed by atoms with Crippen molar-refractivity contribution in [3.05, 3.63) is 81.5 Å². The van der Waals surface area contributed by atoms with Gasteiger partial charge in [0.2, 0.25) is 5.91 Å². The summed E-state index contributed by atoms with van der Waals surface area (Å²) in [5, 5.41) is 2.79. The van der Waals surface area contributed by atoms with Gasteiger partial charge in [-0.15, -0.1) is 0 Å². The van der Waals surface area contributed by atoms with Gasteiger partial charge in [-0.1, -0.05) is 52.0 Å². The zero-order valence-corrected chi connectivity index (χ0v) is 16.5. The monoisotopic (exact) mass is 361 g/mol. The van der Waals surface area contributed by atoms with E-state index in [1.54, 1.807) is 18.2 Å². The Morgan fingerprint density at radius 2 is 1.63 bits per heavy atom. The van der Waals surface area contributed by atoms with Gasteiger partial charge in [-0.25, -0.2) is 0 Å². The highest BCUT2D eigenvalue weighted by atomic mass is 16.1. The van der Waals surface area contributed by atoms with Gasteiger partial charge in [0.05, 0.1) is 0 Å². The molecule has 1 aliphatic carbocycles. The van der Waals surface area contributed by atoms with E-state index in [4.69, 9.17) is 0 Å². The van der Waals surface area contributed by atoms with E-state index in [0.29, 0.717) is 5.69 Å². The van der Waals surface area contributed by atoms with Crippen LogP contribution in [0.3, 0.4) is 0 Å². The second-order valence-corrected chi connectivity index (χ2v) is 8.61. The van der Waals surface area contributed by atoms with E-state index in [9.17, 15) is 9.59 Å². The van der Waals surface area contributed by atoms with Gasteiger partial charge >= 0.3 is 0 Å². The van der Waals surface area contributed by atoms with Crippen molar-refractivity contribution in [3.63, 3.8) is 0 Å². The van der Waals surface area contributed by atoms with E-state index in [1.165, 1.54) is 35.8 Å². The van der Waals surface area contributed by atoms with E-state index in [2.05, 4.69) is 51.2 Å². The molecule has 0 aliphatic heterocycles. The Morgan fingerprint density at radius 1 is 0.926 bits per heavy atom. The molecule has 0 radical (unpaired) electrons. The largest absolute Gasteiger partial charge is 0.323 e. The fourth-order valence-corrected chi connectivity index (χ4v) is 3.68. The van der Waals surface area contributed by atoms with E-state index in [-0.39, 0.29) is 22.2 Å². The van der Waals surface area contributed by atoms with E-state index in [0.717, 1.165) is 12.0 Å². The lowest BCUT2D eigenvalue weighted by atomic mass is 9.63. The first-order valence-electron chi connectivity index (χ1n) is 9.42. The second kappa shape index (κ2) is 7.15. The topological polar surface area (TPSA) is 46.2 Å². The van der Waals surface area contributed by atoms with Gasteiger partial charge in [-0.2, -0.15) is 0 Å². The minimum atomic E-state index is -0.217. The van der Waals surface area contributed by atoms with Crippen molar-refractivity contribution in [2.75, 3.05) is 5.32 Å². The Labute approximate surface area is 161 Å². The number of amides is 1. The molecule has 1 amide bonds. The molecular formula is C24H27NO2. The summed E-state index contributed by atoms with van der Waals surface area (Å²) in [5.41, 5.74) is 4.64. The van der Waals surface area contributed by atoms with Gasteiger partial charge in [-0.3, -0.25) is 9.59 Å². The quantitative estimate of drug-likeness (QED) is 0.778. The number of rotatable bonds is 3. The molecule has 0 unspecified atom stereocenters. The van der Waals surface area contributed by atoms with Gasteiger partial charge in [0.15, 0.2) is 5.43 Å². The van der Waals surface area contributed by atoms with Crippen LogP contribution in [0.1, 0.15) is 57.2 Å². The maximum atomic E-state index is 12.2. The van der Waals surface area contributed by atoms with Crippen LogP contribution in [0.4, 0.5) is 5.69 Å². The van der Waals surface area contributed by atoms with Crippen molar-refractivity contribution in [3.8, 4) is 0 Å². The highest BCUT2D eigenvalue weighted by molar-refractivity contribution is 6.01. The Bertz CT molecular complexity index is 954. The van der Waals surface area contributed by atoms with Crippen LogP contribution in [-0.4, -0.2) is 5.91 Å². The Balaban J connectivity index is 1.80. The molecule has 3 heteroatoms. The minimum absolute atomic E-state index is 0.0920. The van der Waals surface area contributed by atoms with Crippen molar-refractivity contribution in [1.29, 1.82) is 0 Å². The standard InChI is InChI=1S/C24H27NO2/c1-23(2)14-15-24(3,4)21-16-17(8-12-20(21)23)9-13-22(27)25-18-6-5-7-19(26)11-10-18/h5-13,16H,14-15H2,1-4H3,(H,25,27)/b13-9+. The van der Waals surface area contributed by atoms with E-state index >= 15 is 0 Å². The molecular weight excluding hydrogens is 334 g/mol. The molecule has 0 heterocycles. The number of anilines is 1. The van der Waals surface area contributed by atoms with Crippen molar-refractivity contribution in [2.45, 2.75) is 51.4 Å². The lowest BCUT2D eigenvalue weighted by Crippen LogP contribution is -2.33. The molecule has 0 bridgehead atoms. The molecule has 2 aromatic carbocycles. The van der Waals surface area contributed by atoms with Crippen molar-refractivity contribution < 1.29 is 4.79 Å². The van der Waals surface area contributed by atoms with Gasteiger partial charge in [0.1, 0.15) is 0 Å². The molecule has 0 atom stereocenters. The third-order valence-electron chi connectivity index (χ3n) is 5.54. The van der Waals surface area contributed by atoms with Crippen LogP contribution in [0.15, 0.2) is 59.4 Å². The number of hydrogen-bond donors (Lipinski definition) is 1. The van der Waals surface area contributed by atoms with Crippen LogP contribution in [0.5, 0.6) is 0 Å². The number of benzene rings is 1.